The van der Waals surface area contributed by atoms with E-state index >= 15 is 0 Å². The zero-order valence-electron chi connectivity index (χ0n) is 6.83. The van der Waals surface area contributed by atoms with Crippen molar-refractivity contribution >= 4 is 33.9 Å². The lowest BCUT2D eigenvalue weighted by molar-refractivity contribution is -0.115. The molecule has 0 unspecified atom stereocenters. The molecular formula is C8H5BrN2O3. The molecule has 1 fully saturated rings. The number of urea groups is 1. The van der Waals surface area contributed by atoms with Crippen molar-refractivity contribution in [3.63, 3.8) is 0 Å². The van der Waals surface area contributed by atoms with Crippen LogP contribution in [0.3, 0.4) is 0 Å². The number of carbonyl (C=O) groups excluding carboxylic acids is 2. The minimum absolute atomic E-state index is 0.178. The van der Waals surface area contributed by atoms with Gasteiger partial charge < -0.3 is 9.73 Å². The quantitative estimate of drug-likeness (QED) is 0.587. The first-order chi connectivity index (χ1) is 6.65. The average Bonchev–Trinajstić information content (AvgIpc) is 2.61. The Balaban J connectivity index is 2.27. The summed E-state index contributed by atoms with van der Waals surface area (Å²) in [7, 11) is 0. The molecule has 0 atom stereocenters. The molecule has 1 saturated heterocycles. The molecule has 1 aliphatic rings. The van der Waals surface area contributed by atoms with Gasteiger partial charge in [0.1, 0.15) is 11.5 Å². The van der Waals surface area contributed by atoms with E-state index in [0.29, 0.717) is 10.4 Å². The van der Waals surface area contributed by atoms with Gasteiger partial charge in [0.05, 0.1) is 0 Å². The Morgan fingerprint density at radius 3 is 2.57 bits per heavy atom. The first kappa shape index (κ1) is 9.01. The summed E-state index contributed by atoms with van der Waals surface area (Å²) in [5.74, 6) is 0.0340. The second-order valence-corrected chi connectivity index (χ2v) is 3.39. The summed E-state index contributed by atoms with van der Waals surface area (Å²) in [6, 6.07) is 2.85. The highest BCUT2D eigenvalue weighted by molar-refractivity contribution is 9.10. The van der Waals surface area contributed by atoms with Gasteiger partial charge in [-0.3, -0.25) is 10.1 Å². The Hall–Kier alpha value is -1.56. The van der Waals surface area contributed by atoms with E-state index in [1.807, 2.05) is 0 Å². The second kappa shape index (κ2) is 3.30. The van der Waals surface area contributed by atoms with Crippen LogP contribution in [0.15, 0.2) is 26.9 Å². The van der Waals surface area contributed by atoms with E-state index in [9.17, 15) is 9.59 Å². The molecule has 1 aromatic rings. The highest BCUT2D eigenvalue weighted by Crippen LogP contribution is 2.16. The monoisotopic (exact) mass is 256 g/mol. The van der Waals surface area contributed by atoms with Crippen LogP contribution in [-0.4, -0.2) is 11.9 Å². The molecule has 14 heavy (non-hydrogen) atoms. The maximum atomic E-state index is 11.1. The number of nitrogens with one attached hydrogen (secondary N) is 2. The second-order valence-electron chi connectivity index (χ2n) is 2.61. The number of imide groups is 1. The Morgan fingerprint density at radius 1 is 1.29 bits per heavy atom. The van der Waals surface area contributed by atoms with Gasteiger partial charge in [-0.2, -0.15) is 0 Å². The molecule has 0 bridgehead atoms. The van der Waals surface area contributed by atoms with Crippen LogP contribution in [-0.2, 0) is 4.79 Å². The molecule has 2 heterocycles. The smallest absolute Gasteiger partial charge is 0.326 e. The van der Waals surface area contributed by atoms with Gasteiger partial charge in [-0.25, -0.2) is 4.79 Å². The zero-order chi connectivity index (χ0) is 10.1. The highest BCUT2D eigenvalue weighted by atomic mass is 79.9. The number of halogens is 1. The van der Waals surface area contributed by atoms with Gasteiger partial charge in [-0.15, -0.1) is 0 Å². The largest absolute Gasteiger partial charge is 0.450 e. The van der Waals surface area contributed by atoms with Crippen LogP contribution in [0, 0.1) is 0 Å². The fourth-order valence-corrected chi connectivity index (χ4v) is 1.35. The minimum Gasteiger partial charge on any atom is -0.450 e. The van der Waals surface area contributed by atoms with Gasteiger partial charge in [0.15, 0.2) is 4.67 Å². The van der Waals surface area contributed by atoms with Gasteiger partial charge in [0.25, 0.3) is 5.91 Å². The van der Waals surface area contributed by atoms with Crippen molar-refractivity contribution in [1.29, 1.82) is 0 Å². The number of rotatable bonds is 1. The van der Waals surface area contributed by atoms with Gasteiger partial charge in [0.2, 0.25) is 0 Å². The molecule has 1 aliphatic heterocycles. The lowest BCUT2D eigenvalue weighted by atomic mass is 10.3. The molecular weight excluding hydrogens is 252 g/mol. The third-order valence-electron chi connectivity index (χ3n) is 1.60. The van der Waals surface area contributed by atoms with Crippen molar-refractivity contribution in [1.82, 2.24) is 10.6 Å². The highest BCUT2D eigenvalue weighted by Gasteiger charge is 2.23. The molecule has 0 spiro atoms. The summed E-state index contributed by atoms with van der Waals surface area (Å²) in [6.45, 7) is 0. The Bertz CT molecular complexity index is 436. The Labute approximate surface area is 87.3 Å². The molecule has 2 N–H and O–H groups in total. The summed E-state index contributed by atoms with van der Waals surface area (Å²) in [5.41, 5.74) is 0.178. The predicted molar refractivity (Wildman–Crippen MR) is 51.1 cm³/mol. The summed E-state index contributed by atoms with van der Waals surface area (Å²) in [5, 5.41) is 4.43. The Kier molecular flexibility index (Phi) is 2.12. The number of hydrogen-bond acceptors (Lipinski definition) is 3. The van der Waals surface area contributed by atoms with Crippen molar-refractivity contribution in [3.05, 3.63) is 28.3 Å². The van der Waals surface area contributed by atoms with E-state index in [4.69, 9.17) is 4.42 Å². The van der Waals surface area contributed by atoms with Crippen molar-refractivity contribution in [2.75, 3.05) is 0 Å². The number of furan rings is 1. The fraction of sp³-hybridized carbons (Fsp3) is 0. The molecule has 2 rings (SSSR count). The zero-order valence-corrected chi connectivity index (χ0v) is 8.42. The van der Waals surface area contributed by atoms with E-state index in [-0.39, 0.29) is 5.70 Å². The first-order valence-corrected chi connectivity index (χ1v) is 4.54. The molecule has 1 aromatic heterocycles. The van der Waals surface area contributed by atoms with Crippen LogP contribution in [0.1, 0.15) is 5.76 Å². The lowest BCUT2D eigenvalue weighted by Gasteiger charge is -1.90. The molecule has 0 saturated carbocycles. The van der Waals surface area contributed by atoms with E-state index in [2.05, 4.69) is 26.6 Å². The van der Waals surface area contributed by atoms with Crippen LogP contribution in [0.5, 0.6) is 0 Å². The lowest BCUT2D eigenvalue weighted by Crippen LogP contribution is -2.22. The summed E-state index contributed by atoms with van der Waals surface area (Å²) in [6.07, 6.45) is 1.45. The average molecular weight is 257 g/mol. The van der Waals surface area contributed by atoms with Gasteiger partial charge in [-0.05, 0) is 28.1 Å². The Morgan fingerprint density at radius 2 is 2.07 bits per heavy atom. The number of carbonyl (C=O) groups is 2. The maximum Gasteiger partial charge on any atom is 0.326 e. The summed E-state index contributed by atoms with van der Waals surface area (Å²) in [4.78, 5) is 21.8. The maximum absolute atomic E-state index is 11.1. The summed E-state index contributed by atoms with van der Waals surface area (Å²) >= 11 is 3.12. The van der Waals surface area contributed by atoms with E-state index in [1.54, 1.807) is 12.1 Å². The molecule has 6 heteroatoms. The topological polar surface area (TPSA) is 71.3 Å². The number of amides is 3. The van der Waals surface area contributed by atoms with Gasteiger partial charge in [-0.1, -0.05) is 0 Å². The number of hydrogen-bond donors (Lipinski definition) is 2. The molecule has 0 aromatic carbocycles. The van der Waals surface area contributed by atoms with Crippen LogP contribution in [0.4, 0.5) is 4.79 Å². The van der Waals surface area contributed by atoms with E-state index < -0.39 is 11.9 Å². The third kappa shape index (κ3) is 1.69. The van der Waals surface area contributed by atoms with Crippen LogP contribution >= 0.6 is 15.9 Å². The summed E-state index contributed by atoms with van der Waals surface area (Å²) < 4.78 is 5.70. The molecule has 72 valence electrons. The van der Waals surface area contributed by atoms with Crippen LogP contribution < -0.4 is 10.6 Å². The minimum atomic E-state index is -0.521. The fourth-order valence-electron chi connectivity index (χ4n) is 1.03. The molecule has 0 aliphatic carbocycles. The first-order valence-electron chi connectivity index (χ1n) is 3.74. The molecule has 5 nitrogen and oxygen atoms in total. The van der Waals surface area contributed by atoms with Crippen molar-refractivity contribution in [2.45, 2.75) is 0 Å². The standard InChI is InChI=1S/C8H5BrN2O3/c9-6-2-1-4(14-6)3-5-7(12)11-8(13)10-5/h1-3H,(H2,10,11,12,13)/b5-3+. The van der Waals surface area contributed by atoms with Crippen LogP contribution in [0.2, 0.25) is 0 Å². The molecule has 0 radical (unpaired) electrons. The van der Waals surface area contributed by atoms with Gasteiger partial charge in [0, 0.05) is 6.08 Å². The van der Waals surface area contributed by atoms with E-state index in [0.717, 1.165) is 0 Å². The normalized spacial score (nSPS) is 18.5. The van der Waals surface area contributed by atoms with Crippen LogP contribution in [0.25, 0.3) is 6.08 Å². The SMILES string of the molecule is O=C1NC(=O)/C(=C\c2ccc(Br)o2)N1. The third-order valence-corrected chi connectivity index (χ3v) is 2.03. The predicted octanol–water partition coefficient (Wildman–Crippen LogP) is 1.22. The van der Waals surface area contributed by atoms with E-state index in [1.165, 1.54) is 6.08 Å². The molecule has 3 amide bonds. The van der Waals surface area contributed by atoms with Crippen molar-refractivity contribution in [3.8, 4) is 0 Å². The van der Waals surface area contributed by atoms with Crippen molar-refractivity contribution in [2.24, 2.45) is 0 Å². The van der Waals surface area contributed by atoms with Gasteiger partial charge >= 0.3 is 6.03 Å². The van der Waals surface area contributed by atoms with Crippen molar-refractivity contribution < 1.29 is 14.0 Å².